The van der Waals surface area contributed by atoms with Crippen LogP contribution in [0.3, 0.4) is 0 Å². The molecule has 0 spiro atoms. The molecule has 2 rings (SSSR count). The van der Waals surface area contributed by atoms with Crippen molar-refractivity contribution >= 4 is 28.7 Å². The number of benzene rings is 1. The van der Waals surface area contributed by atoms with Gasteiger partial charge in [0.05, 0.1) is 4.88 Å². The van der Waals surface area contributed by atoms with Gasteiger partial charge in [0.25, 0.3) is 0 Å². The lowest BCUT2D eigenvalue weighted by Crippen LogP contribution is -2.00. The number of carbonyl (C=O) groups is 1. The van der Waals surface area contributed by atoms with Gasteiger partial charge in [0.2, 0.25) is 5.78 Å². The van der Waals surface area contributed by atoms with Crippen molar-refractivity contribution in [1.82, 2.24) is 0 Å². The fourth-order valence-corrected chi connectivity index (χ4v) is 2.78. The van der Waals surface area contributed by atoms with Crippen molar-refractivity contribution < 1.29 is 4.79 Å². The molecule has 0 unspecified atom stereocenters. The van der Waals surface area contributed by atoms with Crippen LogP contribution in [0.5, 0.6) is 0 Å². The largest absolute Gasteiger partial charge is 0.288 e. The molecule has 0 atom stereocenters. The maximum absolute atomic E-state index is 12.2. The SMILES string of the molecule is Cc1cc(Cl)cc(C(=O)c2sccc2C)c1. The Bertz CT molecular complexity index is 522. The Hall–Kier alpha value is -1.12. The monoisotopic (exact) mass is 250 g/mol. The summed E-state index contributed by atoms with van der Waals surface area (Å²) in [6.45, 7) is 3.88. The lowest BCUT2D eigenvalue weighted by atomic mass is 10.1. The van der Waals surface area contributed by atoms with Crippen LogP contribution in [-0.4, -0.2) is 5.78 Å². The number of ketones is 1. The van der Waals surface area contributed by atoms with Crippen LogP contribution in [0.25, 0.3) is 0 Å². The first-order valence-corrected chi connectivity index (χ1v) is 6.19. The quantitative estimate of drug-likeness (QED) is 0.729. The predicted octanol–water partition coefficient (Wildman–Crippen LogP) is 4.25. The van der Waals surface area contributed by atoms with E-state index < -0.39 is 0 Å². The lowest BCUT2D eigenvalue weighted by Gasteiger charge is -2.02. The summed E-state index contributed by atoms with van der Waals surface area (Å²) in [4.78, 5) is 13.0. The highest BCUT2D eigenvalue weighted by molar-refractivity contribution is 7.12. The molecule has 1 nitrogen and oxygen atoms in total. The van der Waals surface area contributed by atoms with Crippen molar-refractivity contribution in [1.29, 1.82) is 0 Å². The highest BCUT2D eigenvalue weighted by Gasteiger charge is 2.13. The zero-order valence-electron chi connectivity index (χ0n) is 9.08. The maximum atomic E-state index is 12.2. The fraction of sp³-hybridized carbons (Fsp3) is 0.154. The summed E-state index contributed by atoms with van der Waals surface area (Å²) >= 11 is 7.42. The number of carbonyl (C=O) groups excluding carboxylic acids is 1. The van der Waals surface area contributed by atoms with Crippen LogP contribution < -0.4 is 0 Å². The molecule has 1 aromatic heterocycles. The molecule has 82 valence electrons. The van der Waals surface area contributed by atoms with Crippen molar-refractivity contribution in [2.75, 3.05) is 0 Å². The molecule has 0 bridgehead atoms. The molecule has 3 heteroatoms. The van der Waals surface area contributed by atoms with Gasteiger partial charge in [-0.3, -0.25) is 4.79 Å². The van der Waals surface area contributed by atoms with E-state index in [9.17, 15) is 4.79 Å². The van der Waals surface area contributed by atoms with Crippen molar-refractivity contribution in [3.63, 3.8) is 0 Å². The summed E-state index contributed by atoms with van der Waals surface area (Å²) in [6.07, 6.45) is 0. The van der Waals surface area contributed by atoms with Gasteiger partial charge >= 0.3 is 0 Å². The van der Waals surface area contributed by atoms with E-state index >= 15 is 0 Å². The summed E-state index contributed by atoms with van der Waals surface area (Å²) in [5, 5.41) is 2.54. The van der Waals surface area contributed by atoms with Crippen LogP contribution in [0.1, 0.15) is 26.4 Å². The van der Waals surface area contributed by atoms with Gasteiger partial charge in [-0.25, -0.2) is 0 Å². The first-order valence-electron chi connectivity index (χ1n) is 4.94. The van der Waals surface area contributed by atoms with Crippen LogP contribution >= 0.6 is 22.9 Å². The molecular formula is C13H11ClOS. The van der Waals surface area contributed by atoms with Crippen LogP contribution in [0.15, 0.2) is 29.6 Å². The van der Waals surface area contributed by atoms with E-state index in [4.69, 9.17) is 11.6 Å². The van der Waals surface area contributed by atoms with E-state index in [-0.39, 0.29) is 5.78 Å². The summed E-state index contributed by atoms with van der Waals surface area (Å²) in [7, 11) is 0. The Morgan fingerprint density at radius 3 is 2.56 bits per heavy atom. The third-order valence-corrected chi connectivity index (χ3v) is 3.61. The second-order valence-electron chi connectivity index (χ2n) is 3.78. The summed E-state index contributed by atoms with van der Waals surface area (Å²) in [5.41, 5.74) is 2.69. The van der Waals surface area contributed by atoms with E-state index in [1.165, 1.54) is 11.3 Å². The van der Waals surface area contributed by atoms with Crippen molar-refractivity contribution in [3.05, 3.63) is 56.2 Å². The van der Waals surface area contributed by atoms with Crippen molar-refractivity contribution in [2.45, 2.75) is 13.8 Å². The molecule has 1 heterocycles. The van der Waals surface area contributed by atoms with Gasteiger partial charge < -0.3 is 0 Å². The summed E-state index contributed by atoms with van der Waals surface area (Å²) < 4.78 is 0. The van der Waals surface area contributed by atoms with Crippen LogP contribution in [0, 0.1) is 13.8 Å². The third-order valence-electron chi connectivity index (χ3n) is 2.37. The minimum atomic E-state index is 0.0538. The molecule has 0 aliphatic rings. The van der Waals surface area contributed by atoms with Gasteiger partial charge in [-0.1, -0.05) is 11.6 Å². The minimum absolute atomic E-state index is 0.0538. The molecule has 2 aromatic rings. The molecule has 0 amide bonds. The first-order chi connectivity index (χ1) is 7.58. The molecular weight excluding hydrogens is 240 g/mol. The van der Waals surface area contributed by atoms with E-state index in [1.54, 1.807) is 6.07 Å². The van der Waals surface area contributed by atoms with E-state index in [2.05, 4.69) is 0 Å². The average Bonchev–Trinajstić information content (AvgIpc) is 2.62. The van der Waals surface area contributed by atoms with Gasteiger partial charge in [-0.2, -0.15) is 0 Å². The first kappa shape index (κ1) is 11.4. The van der Waals surface area contributed by atoms with Crippen molar-refractivity contribution in [2.24, 2.45) is 0 Å². The molecule has 0 fully saturated rings. The molecule has 1 aromatic carbocycles. The third kappa shape index (κ3) is 2.18. The second-order valence-corrected chi connectivity index (χ2v) is 5.13. The average molecular weight is 251 g/mol. The highest BCUT2D eigenvalue weighted by atomic mass is 35.5. The highest BCUT2D eigenvalue weighted by Crippen LogP contribution is 2.22. The second kappa shape index (κ2) is 4.40. The molecule has 0 saturated carbocycles. The van der Waals surface area contributed by atoms with Gasteiger partial charge in [-0.15, -0.1) is 11.3 Å². The Labute approximate surface area is 104 Å². The van der Waals surface area contributed by atoms with Crippen LogP contribution in [0.4, 0.5) is 0 Å². The Morgan fingerprint density at radius 1 is 1.25 bits per heavy atom. The fourth-order valence-electron chi connectivity index (χ4n) is 1.60. The Kier molecular flexibility index (Phi) is 3.13. The molecule has 0 aliphatic heterocycles. The van der Waals surface area contributed by atoms with E-state index in [0.29, 0.717) is 10.6 Å². The van der Waals surface area contributed by atoms with Crippen LogP contribution in [0.2, 0.25) is 5.02 Å². The smallest absolute Gasteiger partial charge is 0.203 e. The van der Waals surface area contributed by atoms with Crippen molar-refractivity contribution in [3.8, 4) is 0 Å². The number of halogens is 1. The molecule has 0 radical (unpaired) electrons. The topological polar surface area (TPSA) is 17.1 Å². The molecule has 0 N–H and O–H groups in total. The molecule has 0 aliphatic carbocycles. The Morgan fingerprint density at radius 2 is 2.00 bits per heavy atom. The minimum Gasteiger partial charge on any atom is -0.288 e. The van der Waals surface area contributed by atoms with E-state index in [0.717, 1.165) is 16.0 Å². The lowest BCUT2D eigenvalue weighted by molar-refractivity contribution is 0.104. The predicted molar refractivity (Wildman–Crippen MR) is 68.7 cm³/mol. The normalized spacial score (nSPS) is 10.4. The summed E-state index contributed by atoms with van der Waals surface area (Å²) in [6, 6.07) is 7.39. The maximum Gasteiger partial charge on any atom is 0.203 e. The van der Waals surface area contributed by atoms with Gasteiger partial charge in [-0.05, 0) is 54.6 Å². The summed E-state index contributed by atoms with van der Waals surface area (Å²) in [5.74, 6) is 0.0538. The number of aryl methyl sites for hydroxylation is 2. The number of rotatable bonds is 2. The zero-order valence-corrected chi connectivity index (χ0v) is 10.7. The van der Waals surface area contributed by atoms with E-state index in [1.807, 2.05) is 37.4 Å². The van der Waals surface area contributed by atoms with Gasteiger partial charge in [0, 0.05) is 10.6 Å². The molecule has 16 heavy (non-hydrogen) atoms. The number of thiophene rings is 1. The van der Waals surface area contributed by atoms with Crippen LogP contribution in [-0.2, 0) is 0 Å². The number of hydrogen-bond donors (Lipinski definition) is 0. The Balaban J connectivity index is 2.45. The van der Waals surface area contributed by atoms with Gasteiger partial charge in [0.15, 0.2) is 0 Å². The number of hydrogen-bond acceptors (Lipinski definition) is 2. The zero-order chi connectivity index (χ0) is 11.7. The molecule has 0 saturated heterocycles. The van der Waals surface area contributed by atoms with Gasteiger partial charge in [0.1, 0.15) is 0 Å². The standard InChI is InChI=1S/C13H11ClOS/c1-8-5-10(7-11(14)6-8)12(15)13-9(2)3-4-16-13/h3-7H,1-2H3.